The van der Waals surface area contributed by atoms with E-state index in [9.17, 15) is 4.79 Å². The molecule has 1 aromatic heterocycles. The molecule has 4 nitrogen and oxygen atoms in total. The van der Waals surface area contributed by atoms with Crippen LogP contribution in [0.25, 0.3) is 0 Å². The van der Waals surface area contributed by atoms with E-state index in [0.29, 0.717) is 11.3 Å². The smallest absolute Gasteiger partial charge is 0.337 e. The minimum Gasteiger partial charge on any atom is -0.478 e. The van der Waals surface area contributed by atoms with Crippen molar-refractivity contribution in [1.82, 2.24) is 4.98 Å². The molecule has 0 bridgehead atoms. The first-order chi connectivity index (χ1) is 5.95. The summed E-state index contributed by atoms with van der Waals surface area (Å²) in [5.74, 6) is -0.904. The van der Waals surface area contributed by atoms with Crippen molar-refractivity contribution in [3.8, 4) is 0 Å². The number of nitrogens with two attached hydrogens (primary N) is 1. The first-order valence-corrected chi connectivity index (χ1v) is 4.13. The van der Waals surface area contributed by atoms with Crippen molar-refractivity contribution in [2.75, 3.05) is 0 Å². The normalized spacial score (nSPS) is 12.9. The molecular weight excluding hydrogens is 168 g/mol. The SMILES string of the molecule is Cc1[nH]c([C@H](C)N)c(C)c1C(=O)O. The number of carbonyl (C=O) groups is 1. The maximum Gasteiger partial charge on any atom is 0.337 e. The fourth-order valence-corrected chi connectivity index (χ4v) is 1.55. The first kappa shape index (κ1) is 9.80. The van der Waals surface area contributed by atoms with Gasteiger partial charge >= 0.3 is 5.97 Å². The average molecular weight is 182 g/mol. The van der Waals surface area contributed by atoms with Crippen LogP contribution >= 0.6 is 0 Å². The zero-order valence-corrected chi connectivity index (χ0v) is 8.01. The number of aromatic nitrogens is 1. The average Bonchev–Trinajstić information content (AvgIpc) is 2.26. The van der Waals surface area contributed by atoms with E-state index in [2.05, 4.69) is 4.98 Å². The van der Waals surface area contributed by atoms with Gasteiger partial charge < -0.3 is 15.8 Å². The molecule has 0 radical (unpaired) electrons. The summed E-state index contributed by atoms with van der Waals surface area (Å²) in [6, 6.07) is -0.160. The molecule has 0 aliphatic rings. The zero-order valence-electron chi connectivity index (χ0n) is 8.01. The standard InChI is InChI=1S/C9H14N2O2/c1-4-7(9(12)13)6(3)11-8(4)5(2)10/h5,11H,10H2,1-3H3,(H,12,13)/t5-/m0/s1. The highest BCUT2D eigenvalue weighted by molar-refractivity contribution is 5.91. The predicted octanol–water partition coefficient (Wildman–Crippen LogP) is 1.35. The van der Waals surface area contributed by atoms with Gasteiger partial charge in [-0.25, -0.2) is 4.79 Å². The Balaban J connectivity index is 3.30. The summed E-state index contributed by atoms with van der Waals surface area (Å²) in [5, 5.41) is 8.88. The maximum atomic E-state index is 10.8. The first-order valence-electron chi connectivity index (χ1n) is 4.13. The van der Waals surface area contributed by atoms with Crippen LogP contribution in [0.15, 0.2) is 0 Å². The van der Waals surface area contributed by atoms with E-state index in [4.69, 9.17) is 10.8 Å². The second-order valence-electron chi connectivity index (χ2n) is 3.26. The molecule has 4 heteroatoms. The highest BCUT2D eigenvalue weighted by atomic mass is 16.4. The fraction of sp³-hybridized carbons (Fsp3) is 0.444. The van der Waals surface area contributed by atoms with Crippen LogP contribution in [0.1, 0.15) is 40.3 Å². The number of aryl methyl sites for hydroxylation is 1. The molecule has 0 amide bonds. The van der Waals surface area contributed by atoms with Crippen molar-refractivity contribution in [3.05, 3.63) is 22.5 Å². The van der Waals surface area contributed by atoms with Gasteiger partial charge in [-0.3, -0.25) is 0 Å². The molecule has 13 heavy (non-hydrogen) atoms. The molecule has 4 N–H and O–H groups in total. The van der Waals surface area contributed by atoms with Crippen LogP contribution in [0.5, 0.6) is 0 Å². The lowest BCUT2D eigenvalue weighted by Crippen LogP contribution is -2.07. The van der Waals surface area contributed by atoms with E-state index in [1.54, 1.807) is 13.8 Å². The lowest BCUT2D eigenvalue weighted by Gasteiger charge is -2.03. The Bertz CT molecular complexity index is 340. The Hall–Kier alpha value is -1.29. The number of H-pyrrole nitrogens is 1. The Morgan fingerprint density at radius 2 is 2.08 bits per heavy atom. The second-order valence-corrected chi connectivity index (χ2v) is 3.26. The number of hydrogen-bond donors (Lipinski definition) is 3. The van der Waals surface area contributed by atoms with E-state index >= 15 is 0 Å². The molecule has 0 aliphatic heterocycles. The summed E-state index contributed by atoms with van der Waals surface area (Å²) in [4.78, 5) is 13.8. The highest BCUT2D eigenvalue weighted by Crippen LogP contribution is 2.21. The molecule has 0 aliphatic carbocycles. The van der Waals surface area contributed by atoms with Gasteiger partial charge in [-0.1, -0.05) is 0 Å². The van der Waals surface area contributed by atoms with Crippen molar-refractivity contribution in [1.29, 1.82) is 0 Å². The van der Waals surface area contributed by atoms with E-state index in [1.165, 1.54) is 0 Å². The van der Waals surface area contributed by atoms with Crippen LogP contribution in [0.2, 0.25) is 0 Å². The number of carboxylic acid groups (broad SMARTS) is 1. The van der Waals surface area contributed by atoms with Crippen molar-refractivity contribution in [3.63, 3.8) is 0 Å². The minimum atomic E-state index is -0.904. The van der Waals surface area contributed by atoms with Gasteiger partial charge in [0.05, 0.1) is 5.56 Å². The largest absolute Gasteiger partial charge is 0.478 e. The molecule has 0 fully saturated rings. The molecule has 0 saturated carbocycles. The van der Waals surface area contributed by atoms with Gasteiger partial charge in [-0.05, 0) is 26.3 Å². The molecule has 1 rings (SSSR count). The molecule has 1 heterocycles. The summed E-state index contributed by atoms with van der Waals surface area (Å²) in [7, 11) is 0. The van der Waals surface area contributed by atoms with Crippen molar-refractivity contribution in [2.45, 2.75) is 26.8 Å². The second kappa shape index (κ2) is 3.22. The van der Waals surface area contributed by atoms with Crippen molar-refractivity contribution in [2.24, 2.45) is 5.73 Å². The molecule has 0 saturated heterocycles. The van der Waals surface area contributed by atoms with Gasteiger partial charge in [0.15, 0.2) is 0 Å². The minimum absolute atomic E-state index is 0.160. The van der Waals surface area contributed by atoms with Crippen LogP contribution in [-0.4, -0.2) is 16.1 Å². The maximum absolute atomic E-state index is 10.8. The lowest BCUT2D eigenvalue weighted by atomic mass is 10.1. The number of carboxylic acids is 1. The zero-order chi connectivity index (χ0) is 10.2. The topological polar surface area (TPSA) is 79.1 Å². The third-order valence-corrected chi connectivity index (χ3v) is 2.15. The van der Waals surface area contributed by atoms with Crippen molar-refractivity contribution >= 4 is 5.97 Å². The number of aromatic carboxylic acids is 1. The summed E-state index contributed by atoms with van der Waals surface area (Å²) in [6.07, 6.45) is 0. The predicted molar refractivity (Wildman–Crippen MR) is 49.8 cm³/mol. The third-order valence-electron chi connectivity index (χ3n) is 2.15. The van der Waals surface area contributed by atoms with Crippen LogP contribution in [0.3, 0.4) is 0 Å². The Morgan fingerprint density at radius 1 is 1.54 bits per heavy atom. The number of nitrogens with one attached hydrogen (secondary N) is 1. The van der Waals surface area contributed by atoms with Crippen LogP contribution in [-0.2, 0) is 0 Å². The highest BCUT2D eigenvalue weighted by Gasteiger charge is 2.18. The van der Waals surface area contributed by atoms with Crippen LogP contribution in [0, 0.1) is 13.8 Å². The Morgan fingerprint density at radius 3 is 2.31 bits per heavy atom. The Labute approximate surface area is 76.8 Å². The van der Waals surface area contributed by atoms with Gasteiger partial charge in [-0.2, -0.15) is 0 Å². The number of aromatic amines is 1. The van der Waals surface area contributed by atoms with E-state index in [-0.39, 0.29) is 6.04 Å². The van der Waals surface area contributed by atoms with E-state index < -0.39 is 5.97 Å². The van der Waals surface area contributed by atoms with Gasteiger partial charge in [0.25, 0.3) is 0 Å². The van der Waals surface area contributed by atoms with Gasteiger partial charge in [0, 0.05) is 17.4 Å². The summed E-state index contributed by atoms with van der Waals surface area (Å²) >= 11 is 0. The molecule has 1 atom stereocenters. The van der Waals surface area contributed by atoms with Gasteiger partial charge in [-0.15, -0.1) is 0 Å². The van der Waals surface area contributed by atoms with E-state index in [0.717, 1.165) is 11.3 Å². The van der Waals surface area contributed by atoms with Crippen LogP contribution in [0.4, 0.5) is 0 Å². The molecule has 0 spiro atoms. The molecular formula is C9H14N2O2. The third kappa shape index (κ3) is 1.58. The number of hydrogen-bond acceptors (Lipinski definition) is 2. The monoisotopic (exact) mass is 182 g/mol. The lowest BCUT2D eigenvalue weighted by molar-refractivity contribution is 0.0695. The van der Waals surface area contributed by atoms with Crippen molar-refractivity contribution < 1.29 is 9.90 Å². The molecule has 1 aromatic rings. The van der Waals surface area contributed by atoms with Crippen LogP contribution < -0.4 is 5.73 Å². The molecule has 0 aromatic carbocycles. The fourth-order valence-electron chi connectivity index (χ4n) is 1.55. The quantitative estimate of drug-likeness (QED) is 0.646. The molecule has 72 valence electrons. The summed E-state index contributed by atoms with van der Waals surface area (Å²) < 4.78 is 0. The van der Waals surface area contributed by atoms with Gasteiger partial charge in [0.1, 0.15) is 0 Å². The summed E-state index contributed by atoms with van der Waals surface area (Å²) in [5.41, 5.74) is 8.21. The van der Waals surface area contributed by atoms with Gasteiger partial charge in [0.2, 0.25) is 0 Å². The Kier molecular flexibility index (Phi) is 2.43. The summed E-state index contributed by atoms with van der Waals surface area (Å²) in [6.45, 7) is 5.33. The number of rotatable bonds is 2. The van der Waals surface area contributed by atoms with E-state index in [1.807, 2.05) is 6.92 Å². The molecule has 0 unspecified atom stereocenters.